The van der Waals surface area contributed by atoms with E-state index in [1.54, 1.807) is 31.2 Å². The first kappa shape index (κ1) is 9.86. The van der Waals surface area contributed by atoms with Gasteiger partial charge < -0.3 is 5.73 Å². The fraction of sp³-hybridized carbons (Fsp3) is 0.300. The second-order valence-corrected chi connectivity index (χ2v) is 2.93. The molecule has 0 spiro atoms. The Morgan fingerprint density at radius 2 is 2.15 bits per heavy atom. The predicted molar refractivity (Wildman–Crippen MR) is 49.3 cm³/mol. The van der Waals surface area contributed by atoms with Crippen LogP contribution >= 0.6 is 0 Å². The summed E-state index contributed by atoms with van der Waals surface area (Å²) in [5.74, 6) is -0.507. The molecule has 0 aliphatic carbocycles. The highest BCUT2D eigenvalue weighted by atomic mass is 19.1. The summed E-state index contributed by atoms with van der Waals surface area (Å²) < 4.78 is 12.1. The molecule has 0 amide bonds. The summed E-state index contributed by atoms with van der Waals surface area (Å²) in [5, 5.41) is 0. The Labute approximate surface area is 76.6 Å². The highest BCUT2D eigenvalue weighted by Gasteiger charge is 2.12. The van der Waals surface area contributed by atoms with Gasteiger partial charge in [0.05, 0.1) is 0 Å². The molecular weight excluding hydrogens is 169 g/mol. The molecule has 1 atom stereocenters. The highest BCUT2D eigenvalue weighted by molar-refractivity contribution is 5.98. The van der Waals surface area contributed by atoms with Gasteiger partial charge in [-0.05, 0) is 12.5 Å². The van der Waals surface area contributed by atoms with Crippen LogP contribution in [0.3, 0.4) is 0 Å². The minimum atomic E-state index is -0.969. The van der Waals surface area contributed by atoms with Crippen molar-refractivity contribution in [3.63, 3.8) is 0 Å². The Bertz CT molecular complexity index is 310. The Morgan fingerprint density at radius 3 is 2.69 bits per heavy atom. The topological polar surface area (TPSA) is 43.1 Å². The van der Waals surface area contributed by atoms with Crippen LogP contribution < -0.4 is 5.73 Å². The molecule has 0 aliphatic heterocycles. The fourth-order valence-electron chi connectivity index (χ4n) is 1.22. The second-order valence-electron chi connectivity index (χ2n) is 2.93. The lowest BCUT2D eigenvalue weighted by molar-refractivity contribution is 0.0957. The van der Waals surface area contributed by atoms with E-state index in [1.165, 1.54) is 0 Å². The molecule has 0 aliphatic rings. The number of benzene rings is 1. The number of hydrogen-bond donors (Lipinski definition) is 1. The van der Waals surface area contributed by atoms with Crippen LogP contribution in [0, 0.1) is 0 Å². The maximum Gasteiger partial charge on any atom is 0.194 e. The van der Waals surface area contributed by atoms with E-state index in [0.717, 1.165) is 0 Å². The molecule has 1 aromatic rings. The van der Waals surface area contributed by atoms with E-state index in [4.69, 9.17) is 5.73 Å². The number of Topliss-reactive ketones (excluding diaryl/α,β-unsaturated/α-hetero) is 1. The molecule has 3 heteroatoms. The lowest BCUT2D eigenvalue weighted by Gasteiger charge is -2.09. The summed E-state index contributed by atoms with van der Waals surface area (Å²) in [6.45, 7) is 0.800. The number of carbonyl (C=O) groups excluding carboxylic acids is 1. The van der Waals surface area contributed by atoms with E-state index in [2.05, 4.69) is 0 Å². The average Bonchev–Trinajstić information content (AvgIpc) is 2.16. The zero-order valence-corrected chi connectivity index (χ0v) is 7.46. The third kappa shape index (κ3) is 2.12. The molecule has 2 nitrogen and oxygen atoms in total. The normalized spacial score (nSPS) is 12.5. The van der Waals surface area contributed by atoms with Crippen molar-refractivity contribution >= 4 is 5.78 Å². The van der Waals surface area contributed by atoms with Crippen molar-refractivity contribution in [1.82, 2.24) is 0 Å². The third-order valence-corrected chi connectivity index (χ3v) is 1.87. The summed E-state index contributed by atoms with van der Waals surface area (Å²) in [4.78, 5) is 11.1. The maximum absolute atomic E-state index is 12.1. The van der Waals surface area contributed by atoms with Crippen molar-refractivity contribution in [3.05, 3.63) is 35.4 Å². The largest absolute Gasteiger partial charge is 0.324 e. The van der Waals surface area contributed by atoms with E-state index in [9.17, 15) is 9.18 Å². The van der Waals surface area contributed by atoms with Gasteiger partial charge in [0, 0.05) is 11.6 Å². The summed E-state index contributed by atoms with van der Waals surface area (Å²) in [5.41, 5.74) is 6.72. The highest BCUT2D eigenvalue weighted by Crippen LogP contribution is 2.16. The molecule has 0 fully saturated rings. The number of carbonyl (C=O) groups is 1. The van der Waals surface area contributed by atoms with Gasteiger partial charge in [-0.1, -0.05) is 24.3 Å². The summed E-state index contributed by atoms with van der Waals surface area (Å²) in [6, 6.07) is 6.59. The Hall–Kier alpha value is -1.22. The van der Waals surface area contributed by atoms with Crippen LogP contribution in [0.2, 0.25) is 0 Å². The molecular formula is C10H12FNO. The van der Waals surface area contributed by atoms with Crippen molar-refractivity contribution in [3.8, 4) is 0 Å². The maximum atomic E-state index is 12.1. The van der Waals surface area contributed by atoms with Crippen LogP contribution in [0.15, 0.2) is 24.3 Å². The minimum absolute atomic E-state index is 0.244. The van der Waals surface area contributed by atoms with Crippen molar-refractivity contribution in [2.24, 2.45) is 5.73 Å². The lowest BCUT2D eigenvalue weighted by Crippen LogP contribution is -2.12. The van der Waals surface area contributed by atoms with Crippen molar-refractivity contribution < 1.29 is 9.18 Å². The van der Waals surface area contributed by atoms with Gasteiger partial charge >= 0.3 is 0 Å². The minimum Gasteiger partial charge on any atom is -0.324 e. The Kier molecular flexibility index (Phi) is 3.14. The second kappa shape index (κ2) is 4.14. The molecule has 0 aromatic heterocycles. The van der Waals surface area contributed by atoms with E-state index in [1.807, 2.05) is 0 Å². The zero-order chi connectivity index (χ0) is 9.84. The SMILES string of the molecule is CC(N)c1ccccc1C(=O)CF. The zero-order valence-electron chi connectivity index (χ0n) is 7.46. The summed E-state index contributed by atoms with van der Waals surface area (Å²) in [6.07, 6.45) is 0. The van der Waals surface area contributed by atoms with E-state index >= 15 is 0 Å². The van der Waals surface area contributed by atoms with Crippen molar-refractivity contribution in [1.29, 1.82) is 0 Å². The van der Waals surface area contributed by atoms with Gasteiger partial charge in [-0.3, -0.25) is 4.79 Å². The van der Waals surface area contributed by atoms with Gasteiger partial charge in [0.25, 0.3) is 0 Å². The van der Waals surface area contributed by atoms with Gasteiger partial charge in [-0.25, -0.2) is 4.39 Å². The molecule has 13 heavy (non-hydrogen) atoms. The van der Waals surface area contributed by atoms with Gasteiger partial charge in [-0.2, -0.15) is 0 Å². The average molecular weight is 181 g/mol. The van der Waals surface area contributed by atoms with Crippen LogP contribution in [0.4, 0.5) is 4.39 Å². The first-order valence-corrected chi connectivity index (χ1v) is 4.10. The van der Waals surface area contributed by atoms with E-state index in [-0.39, 0.29) is 6.04 Å². The molecule has 0 radical (unpaired) electrons. The van der Waals surface area contributed by atoms with Gasteiger partial charge in [0.15, 0.2) is 12.5 Å². The number of rotatable bonds is 3. The van der Waals surface area contributed by atoms with Gasteiger partial charge in [0.2, 0.25) is 0 Å². The van der Waals surface area contributed by atoms with Gasteiger partial charge in [-0.15, -0.1) is 0 Å². The monoisotopic (exact) mass is 181 g/mol. The summed E-state index contributed by atoms with van der Waals surface area (Å²) >= 11 is 0. The summed E-state index contributed by atoms with van der Waals surface area (Å²) in [7, 11) is 0. The smallest absolute Gasteiger partial charge is 0.194 e. The molecule has 0 heterocycles. The third-order valence-electron chi connectivity index (χ3n) is 1.87. The number of nitrogens with two attached hydrogens (primary N) is 1. The number of alkyl halides is 1. The molecule has 1 rings (SSSR count). The van der Waals surface area contributed by atoms with E-state index in [0.29, 0.717) is 11.1 Å². The molecule has 0 saturated carbocycles. The molecule has 1 unspecified atom stereocenters. The van der Waals surface area contributed by atoms with Crippen LogP contribution in [0.25, 0.3) is 0 Å². The van der Waals surface area contributed by atoms with Crippen LogP contribution in [-0.2, 0) is 0 Å². The Morgan fingerprint density at radius 1 is 1.54 bits per heavy atom. The number of hydrogen-bond acceptors (Lipinski definition) is 2. The number of halogens is 1. The van der Waals surface area contributed by atoms with Crippen molar-refractivity contribution in [2.45, 2.75) is 13.0 Å². The van der Waals surface area contributed by atoms with Crippen LogP contribution in [0.1, 0.15) is 28.9 Å². The molecule has 0 bridgehead atoms. The van der Waals surface area contributed by atoms with Crippen LogP contribution in [-0.4, -0.2) is 12.5 Å². The molecule has 70 valence electrons. The lowest BCUT2D eigenvalue weighted by atomic mass is 9.99. The Balaban J connectivity index is 3.12. The fourth-order valence-corrected chi connectivity index (χ4v) is 1.22. The van der Waals surface area contributed by atoms with Crippen molar-refractivity contribution in [2.75, 3.05) is 6.67 Å². The quantitative estimate of drug-likeness (QED) is 0.723. The predicted octanol–water partition coefficient (Wildman–Crippen LogP) is 1.86. The number of ketones is 1. The van der Waals surface area contributed by atoms with Crippen LogP contribution in [0.5, 0.6) is 0 Å². The first-order chi connectivity index (χ1) is 6.16. The standard InChI is InChI=1S/C10H12FNO/c1-7(12)8-4-2-3-5-9(8)10(13)6-11/h2-5,7H,6,12H2,1H3. The molecule has 0 saturated heterocycles. The van der Waals surface area contributed by atoms with Gasteiger partial charge in [0.1, 0.15) is 0 Å². The van der Waals surface area contributed by atoms with E-state index < -0.39 is 12.5 Å². The molecule has 2 N–H and O–H groups in total. The molecule has 1 aromatic carbocycles. The first-order valence-electron chi connectivity index (χ1n) is 4.10.